The fourth-order valence-electron chi connectivity index (χ4n) is 2.99. The van der Waals surface area contributed by atoms with Crippen molar-refractivity contribution in [3.05, 3.63) is 106 Å². The molecule has 6 heteroatoms. The van der Waals surface area contributed by atoms with Crippen molar-refractivity contribution in [3.63, 3.8) is 0 Å². The first-order chi connectivity index (χ1) is 14.1. The minimum atomic E-state index is -0.217. The maximum absolute atomic E-state index is 12.5. The van der Waals surface area contributed by atoms with Gasteiger partial charge in [-0.05, 0) is 35.4 Å². The molecule has 0 aliphatic heterocycles. The maximum Gasteiger partial charge on any atom is 0.256 e. The highest BCUT2D eigenvalue weighted by Crippen LogP contribution is 2.25. The van der Waals surface area contributed by atoms with Crippen LogP contribution in [-0.4, -0.2) is 15.7 Å². The zero-order valence-corrected chi connectivity index (χ0v) is 16.9. The van der Waals surface area contributed by atoms with Crippen LogP contribution in [0.2, 0.25) is 10.0 Å². The third kappa shape index (κ3) is 4.50. The zero-order chi connectivity index (χ0) is 20.2. The predicted octanol–water partition coefficient (Wildman–Crippen LogP) is 6.16. The third-order valence-corrected chi connectivity index (χ3v) is 5.23. The monoisotopic (exact) mass is 421 g/mol. The van der Waals surface area contributed by atoms with Gasteiger partial charge in [0.15, 0.2) is 5.82 Å². The molecule has 1 N–H and O–H groups in total. The first-order valence-electron chi connectivity index (χ1n) is 9.03. The summed E-state index contributed by atoms with van der Waals surface area (Å²) in [6.07, 6.45) is 1.77. The highest BCUT2D eigenvalue weighted by molar-refractivity contribution is 6.35. The van der Waals surface area contributed by atoms with Crippen LogP contribution in [0.25, 0.3) is 11.1 Å². The Kier molecular flexibility index (Phi) is 5.65. The van der Waals surface area contributed by atoms with Crippen molar-refractivity contribution in [2.24, 2.45) is 0 Å². The molecule has 0 atom stereocenters. The van der Waals surface area contributed by atoms with Gasteiger partial charge in [-0.15, -0.1) is 0 Å². The molecule has 1 amide bonds. The predicted molar refractivity (Wildman–Crippen MR) is 118 cm³/mol. The molecular weight excluding hydrogens is 405 g/mol. The second-order valence-corrected chi connectivity index (χ2v) is 7.31. The molecule has 0 radical (unpaired) electrons. The van der Waals surface area contributed by atoms with Crippen molar-refractivity contribution in [1.29, 1.82) is 0 Å². The molecule has 0 aliphatic rings. The van der Waals surface area contributed by atoms with Gasteiger partial charge in [0, 0.05) is 33.4 Å². The Morgan fingerprint density at radius 3 is 2.17 bits per heavy atom. The van der Waals surface area contributed by atoms with Crippen LogP contribution < -0.4 is 5.32 Å². The Labute approximate surface area is 178 Å². The van der Waals surface area contributed by atoms with Crippen molar-refractivity contribution >= 4 is 34.9 Å². The van der Waals surface area contributed by atoms with E-state index in [4.69, 9.17) is 23.2 Å². The van der Waals surface area contributed by atoms with Gasteiger partial charge in [-0.25, -0.2) is 0 Å². The molecule has 0 bridgehead atoms. The van der Waals surface area contributed by atoms with Gasteiger partial charge in [0.2, 0.25) is 0 Å². The van der Waals surface area contributed by atoms with Crippen molar-refractivity contribution < 1.29 is 4.79 Å². The quantitative estimate of drug-likeness (QED) is 0.419. The molecule has 4 nitrogen and oxygen atoms in total. The van der Waals surface area contributed by atoms with Crippen molar-refractivity contribution in [2.45, 2.75) is 6.54 Å². The molecule has 4 aromatic rings. The smallest absolute Gasteiger partial charge is 0.256 e. The Balaban J connectivity index is 1.44. The van der Waals surface area contributed by atoms with E-state index >= 15 is 0 Å². The lowest BCUT2D eigenvalue weighted by molar-refractivity contribution is 0.102. The van der Waals surface area contributed by atoms with Gasteiger partial charge in [-0.1, -0.05) is 71.7 Å². The van der Waals surface area contributed by atoms with Gasteiger partial charge in [-0.3, -0.25) is 9.48 Å². The number of hydrogen-bond donors (Lipinski definition) is 1. The number of nitrogens with zero attached hydrogens (tertiary/aromatic N) is 2. The van der Waals surface area contributed by atoms with E-state index in [9.17, 15) is 4.79 Å². The molecule has 3 aromatic carbocycles. The van der Waals surface area contributed by atoms with Gasteiger partial charge in [0.25, 0.3) is 5.91 Å². The lowest BCUT2D eigenvalue weighted by Gasteiger charge is -2.07. The van der Waals surface area contributed by atoms with Gasteiger partial charge < -0.3 is 5.32 Å². The van der Waals surface area contributed by atoms with Crippen LogP contribution in [0.1, 0.15) is 15.9 Å². The largest absolute Gasteiger partial charge is 0.305 e. The molecule has 0 unspecified atom stereocenters. The summed E-state index contributed by atoms with van der Waals surface area (Å²) in [6.45, 7) is 0.417. The average Bonchev–Trinajstić information content (AvgIpc) is 3.18. The Morgan fingerprint density at radius 2 is 1.48 bits per heavy atom. The van der Waals surface area contributed by atoms with E-state index in [1.165, 1.54) is 0 Å². The van der Waals surface area contributed by atoms with Gasteiger partial charge in [0.1, 0.15) is 0 Å². The molecule has 1 heterocycles. The highest BCUT2D eigenvalue weighted by atomic mass is 35.5. The number of hydrogen-bond acceptors (Lipinski definition) is 2. The standard InChI is InChI=1S/C23H17Cl2N3O/c24-20-7-4-8-21(25)19(20)15-28-14-13-22(27-28)26-23(29)18-11-9-17(10-12-18)16-5-2-1-3-6-16/h1-14H,15H2,(H,26,27,29). The van der Waals surface area contributed by atoms with E-state index in [1.807, 2.05) is 42.5 Å². The molecule has 144 valence electrons. The van der Waals surface area contributed by atoms with E-state index < -0.39 is 0 Å². The van der Waals surface area contributed by atoms with Crippen LogP contribution in [0.3, 0.4) is 0 Å². The number of benzene rings is 3. The second-order valence-electron chi connectivity index (χ2n) is 6.50. The normalized spacial score (nSPS) is 10.7. The molecule has 0 spiro atoms. The zero-order valence-electron chi connectivity index (χ0n) is 15.3. The summed E-state index contributed by atoms with van der Waals surface area (Å²) in [4.78, 5) is 12.5. The molecule has 29 heavy (non-hydrogen) atoms. The van der Waals surface area contributed by atoms with Crippen molar-refractivity contribution in [3.8, 4) is 11.1 Å². The summed E-state index contributed by atoms with van der Waals surface area (Å²) < 4.78 is 1.68. The fraction of sp³-hybridized carbons (Fsp3) is 0.0435. The maximum atomic E-state index is 12.5. The van der Waals surface area contributed by atoms with E-state index in [0.717, 1.165) is 16.7 Å². The molecule has 1 aromatic heterocycles. The number of halogens is 2. The van der Waals surface area contributed by atoms with Crippen LogP contribution in [0, 0.1) is 0 Å². The summed E-state index contributed by atoms with van der Waals surface area (Å²) in [7, 11) is 0. The SMILES string of the molecule is O=C(Nc1ccn(Cc2c(Cl)cccc2Cl)n1)c1ccc(-c2ccccc2)cc1. The summed E-state index contributed by atoms with van der Waals surface area (Å²) in [5, 5.41) is 8.36. The number of carbonyl (C=O) groups is 1. The molecule has 4 rings (SSSR count). The minimum Gasteiger partial charge on any atom is -0.305 e. The minimum absolute atomic E-state index is 0.217. The van der Waals surface area contributed by atoms with Crippen LogP contribution in [0.4, 0.5) is 5.82 Å². The summed E-state index contributed by atoms with van der Waals surface area (Å²) in [5.41, 5.74) is 3.51. The molecular formula is C23H17Cl2N3O. The average molecular weight is 422 g/mol. The Hall–Kier alpha value is -3.08. The number of carbonyl (C=O) groups excluding carboxylic acids is 1. The number of nitrogens with one attached hydrogen (secondary N) is 1. The van der Waals surface area contributed by atoms with Crippen molar-refractivity contribution in [2.75, 3.05) is 5.32 Å². The van der Waals surface area contributed by atoms with Crippen LogP contribution in [0.15, 0.2) is 85.1 Å². The summed E-state index contributed by atoms with van der Waals surface area (Å²) in [6, 6.07) is 24.6. The van der Waals surface area contributed by atoms with Crippen LogP contribution >= 0.6 is 23.2 Å². The van der Waals surface area contributed by atoms with E-state index in [-0.39, 0.29) is 5.91 Å². The summed E-state index contributed by atoms with van der Waals surface area (Å²) >= 11 is 12.4. The number of amides is 1. The molecule has 0 aliphatic carbocycles. The lowest BCUT2D eigenvalue weighted by atomic mass is 10.0. The number of rotatable bonds is 5. The first-order valence-corrected chi connectivity index (χ1v) is 9.79. The van der Waals surface area contributed by atoms with E-state index in [1.54, 1.807) is 47.3 Å². The summed E-state index contributed by atoms with van der Waals surface area (Å²) in [5.74, 6) is 0.246. The van der Waals surface area contributed by atoms with Crippen molar-refractivity contribution in [1.82, 2.24) is 9.78 Å². The van der Waals surface area contributed by atoms with Gasteiger partial charge in [0.05, 0.1) is 6.54 Å². The second kappa shape index (κ2) is 8.52. The van der Waals surface area contributed by atoms with Crippen LogP contribution in [0.5, 0.6) is 0 Å². The molecule has 0 saturated carbocycles. The fourth-order valence-corrected chi connectivity index (χ4v) is 3.51. The van der Waals surface area contributed by atoms with Gasteiger partial charge >= 0.3 is 0 Å². The van der Waals surface area contributed by atoms with E-state index in [2.05, 4.69) is 10.4 Å². The topological polar surface area (TPSA) is 46.9 Å². The number of anilines is 1. The Morgan fingerprint density at radius 1 is 0.828 bits per heavy atom. The highest BCUT2D eigenvalue weighted by Gasteiger charge is 2.11. The third-order valence-electron chi connectivity index (χ3n) is 4.52. The molecule has 0 fully saturated rings. The van der Waals surface area contributed by atoms with Gasteiger partial charge in [-0.2, -0.15) is 5.10 Å². The first kappa shape index (κ1) is 19.2. The Bertz CT molecular complexity index is 1120. The molecule has 0 saturated heterocycles. The van der Waals surface area contributed by atoms with E-state index in [0.29, 0.717) is 28.0 Å². The number of aromatic nitrogens is 2. The van der Waals surface area contributed by atoms with Crippen LogP contribution in [-0.2, 0) is 6.54 Å². The lowest BCUT2D eigenvalue weighted by Crippen LogP contribution is -2.12.